The molecular formula is C44H49N3O6. The van der Waals surface area contributed by atoms with Gasteiger partial charge in [-0.2, -0.15) is 0 Å². The fraction of sp³-hybridized carbons (Fsp3) is 0.386. The van der Waals surface area contributed by atoms with Crippen LogP contribution in [0.15, 0.2) is 73.2 Å². The molecule has 5 aromatic rings. The minimum atomic E-state index is -0.366. The third-order valence-electron chi connectivity index (χ3n) is 13.0. The number of aromatic hydroxyl groups is 5. The molecule has 3 aliphatic carbocycles. The summed E-state index contributed by atoms with van der Waals surface area (Å²) in [6.45, 7) is 1.47. The minimum Gasteiger partial charge on any atom is -0.507 e. The van der Waals surface area contributed by atoms with Crippen LogP contribution in [0, 0.1) is 17.3 Å². The smallest absolute Gasteiger partial charge is 0.169 e. The molecule has 53 heavy (non-hydrogen) atoms. The monoisotopic (exact) mass is 715 g/mol. The van der Waals surface area contributed by atoms with Crippen molar-refractivity contribution in [2.45, 2.75) is 82.3 Å². The molecule has 0 bridgehead atoms. The first-order chi connectivity index (χ1) is 25.7. The van der Waals surface area contributed by atoms with Crippen molar-refractivity contribution >= 4 is 22.9 Å². The van der Waals surface area contributed by atoms with Crippen LogP contribution >= 0.6 is 0 Å². The van der Waals surface area contributed by atoms with Crippen LogP contribution < -0.4 is 5.32 Å². The molecule has 0 amide bonds. The number of benzene rings is 4. The van der Waals surface area contributed by atoms with Gasteiger partial charge in [-0.3, -0.25) is 0 Å². The zero-order valence-electron chi connectivity index (χ0n) is 29.9. The highest BCUT2D eigenvalue weighted by Gasteiger charge is 2.62. The molecule has 3 aliphatic rings. The third-order valence-corrected chi connectivity index (χ3v) is 13.0. The van der Waals surface area contributed by atoms with E-state index < -0.39 is 0 Å². The molecule has 276 valence electrons. The molecule has 3 fully saturated rings. The minimum absolute atomic E-state index is 0.140. The van der Waals surface area contributed by atoms with Gasteiger partial charge in [0.2, 0.25) is 0 Å². The van der Waals surface area contributed by atoms with E-state index in [4.69, 9.17) is 0 Å². The van der Waals surface area contributed by atoms with Crippen molar-refractivity contribution in [1.29, 1.82) is 0 Å². The Morgan fingerprint density at radius 1 is 0.792 bits per heavy atom. The van der Waals surface area contributed by atoms with Gasteiger partial charge in [0.05, 0.1) is 17.8 Å². The van der Waals surface area contributed by atoms with Crippen LogP contribution in [0.2, 0.25) is 0 Å². The number of aliphatic hydroxyl groups excluding tert-OH is 1. The van der Waals surface area contributed by atoms with Crippen LogP contribution in [-0.4, -0.2) is 53.3 Å². The SMILES string of the molecule is Oc1ccc(C=Cc2c(CCc3ccc(CNCC4(c5cnc[nH]5)CCCC56CCCC5CCC(O)C46)cc3)c(O)c(O)c3c(O)cccc23)cc1O. The van der Waals surface area contributed by atoms with Gasteiger partial charge in [0, 0.05) is 41.9 Å². The van der Waals surface area contributed by atoms with E-state index in [9.17, 15) is 30.6 Å². The zero-order chi connectivity index (χ0) is 36.7. The number of aromatic amines is 1. The second-order valence-corrected chi connectivity index (χ2v) is 15.7. The Morgan fingerprint density at radius 3 is 2.40 bits per heavy atom. The zero-order valence-corrected chi connectivity index (χ0v) is 29.9. The molecule has 8 rings (SSSR count). The van der Waals surface area contributed by atoms with Crippen molar-refractivity contribution in [3.63, 3.8) is 0 Å². The highest BCUT2D eigenvalue weighted by Crippen LogP contribution is 2.66. The third kappa shape index (κ3) is 6.19. The fourth-order valence-corrected chi connectivity index (χ4v) is 10.7. The summed E-state index contributed by atoms with van der Waals surface area (Å²) >= 11 is 0. The maximum absolute atomic E-state index is 11.7. The molecule has 1 heterocycles. The Balaban J connectivity index is 1.00. The second kappa shape index (κ2) is 14.1. The molecule has 3 saturated carbocycles. The lowest BCUT2D eigenvalue weighted by molar-refractivity contribution is -0.121. The summed E-state index contributed by atoms with van der Waals surface area (Å²) in [7, 11) is 0. The number of imidazole rings is 1. The van der Waals surface area contributed by atoms with Crippen LogP contribution in [0.1, 0.15) is 84.9 Å². The molecule has 0 radical (unpaired) electrons. The molecular weight excluding hydrogens is 666 g/mol. The number of phenolic OH excluding ortho intramolecular Hbond substituents is 5. The summed E-state index contributed by atoms with van der Waals surface area (Å²) in [5, 5.41) is 68.8. The summed E-state index contributed by atoms with van der Waals surface area (Å²) in [5.41, 5.74) is 5.20. The lowest BCUT2D eigenvalue weighted by atomic mass is 9.46. The van der Waals surface area contributed by atoms with Crippen LogP contribution in [0.4, 0.5) is 0 Å². The summed E-state index contributed by atoms with van der Waals surface area (Å²) < 4.78 is 0. The Bertz CT molecular complexity index is 2130. The van der Waals surface area contributed by atoms with Gasteiger partial charge in [0.25, 0.3) is 0 Å². The molecule has 5 atom stereocenters. The lowest BCUT2D eigenvalue weighted by Gasteiger charge is -2.60. The van der Waals surface area contributed by atoms with Gasteiger partial charge in [-0.25, -0.2) is 4.98 Å². The predicted molar refractivity (Wildman–Crippen MR) is 206 cm³/mol. The van der Waals surface area contributed by atoms with E-state index >= 15 is 0 Å². The number of fused-ring (bicyclic) bond motifs is 1. The molecule has 4 aromatic carbocycles. The van der Waals surface area contributed by atoms with Gasteiger partial charge in [0.15, 0.2) is 23.0 Å². The topological polar surface area (TPSA) is 162 Å². The van der Waals surface area contributed by atoms with Crippen LogP contribution in [0.3, 0.4) is 0 Å². The highest BCUT2D eigenvalue weighted by atomic mass is 16.3. The van der Waals surface area contributed by atoms with Crippen LogP contribution in [0.25, 0.3) is 22.9 Å². The van der Waals surface area contributed by atoms with E-state index in [0.717, 1.165) is 42.6 Å². The average Bonchev–Trinajstić information content (AvgIpc) is 3.85. The molecule has 1 aromatic heterocycles. The molecule has 5 unspecified atom stereocenters. The Hall–Kier alpha value is -4.99. The summed E-state index contributed by atoms with van der Waals surface area (Å²) in [6, 6.07) is 17.9. The molecule has 1 spiro atoms. The number of rotatable bonds is 10. The maximum Gasteiger partial charge on any atom is 0.169 e. The van der Waals surface area contributed by atoms with E-state index in [-0.39, 0.29) is 57.0 Å². The van der Waals surface area contributed by atoms with E-state index in [1.807, 2.05) is 6.20 Å². The second-order valence-electron chi connectivity index (χ2n) is 15.7. The normalized spacial score (nSPS) is 25.5. The van der Waals surface area contributed by atoms with Gasteiger partial charge < -0.3 is 40.9 Å². The van der Waals surface area contributed by atoms with E-state index in [0.29, 0.717) is 47.4 Å². The van der Waals surface area contributed by atoms with Gasteiger partial charge in [-0.05, 0) is 109 Å². The predicted octanol–water partition coefficient (Wildman–Crippen LogP) is 7.82. The van der Waals surface area contributed by atoms with Crippen LogP contribution in [-0.2, 0) is 24.8 Å². The van der Waals surface area contributed by atoms with Crippen molar-refractivity contribution in [2.75, 3.05) is 6.54 Å². The molecule has 0 aliphatic heterocycles. The first-order valence-electron chi connectivity index (χ1n) is 19.0. The highest BCUT2D eigenvalue weighted by molar-refractivity contribution is 6.03. The van der Waals surface area contributed by atoms with Gasteiger partial charge >= 0.3 is 0 Å². The molecule has 8 N–H and O–H groups in total. The van der Waals surface area contributed by atoms with Gasteiger partial charge in [-0.15, -0.1) is 0 Å². The average molecular weight is 716 g/mol. The van der Waals surface area contributed by atoms with Gasteiger partial charge in [0.1, 0.15) is 5.75 Å². The first kappa shape index (κ1) is 35.1. The first-order valence-corrected chi connectivity index (χ1v) is 19.0. The summed E-state index contributed by atoms with van der Waals surface area (Å²) in [4.78, 5) is 7.92. The largest absolute Gasteiger partial charge is 0.507 e. The van der Waals surface area contributed by atoms with Crippen LogP contribution in [0.5, 0.6) is 28.7 Å². The van der Waals surface area contributed by atoms with E-state index in [1.165, 1.54) is 50.3 Å². The maximum atomic E-state index is 11.7. The lowest BCUT2D eigenvalue weighted by Crippen LogP contribution is -2.61. The molecule has 0 saturated heterocycles. The fourth-order valence-electron chi connectivity index (χ4n) is 10.7. The van der Waals surface area contributed by atoms with Crippen molar-refractivity contribution in [3.8, 4) is 28.7 Å². The van der Waals surface area contributed by atoms with E-state index in [1.54, 1.807) is 36.7 Å². The van der Waals surface area contributed by atoms with Crippen molar-refractivity contribution in [1.82, 2.24) is 15.3 Å². The standard InChI is InChI=1S/C44H49N3O6/c48-34-17-13-28(22-37(34)51)12-15-31-32-5-1-6-35(49)39(32)41(53)40(52)33(31)16-11-27-7-9-29(10-8-27)23-45-25-44(38-24-46-26-47-38)21-3-20-43-19-2-4-30(43)14-18-36(50)42(43)44/h1,5-10,12-13,15,17,22,24,26,30,36,42,45,48-53H,2-4,11,14,16,18-21,23,25H2,(H,46,47). The van der Waals surface area contributed by atoms with Crippen molar-refractivity contribution < 1.29 is 30.6 Å². The number of hydrogen-bond donors (Lipinski definition) is 8. The molecule has 9 heteroatoms. The number of aromatic nitrogens is 2. The van der Waals surface area contributed by atoms with Crippen molar-refractivity contribution in [2.24, 2.45) is 17.3 Å². The number of nitrogens with zero attached hydrogens (tertiary/aromatic N) is 1. The quantitative estimate of drug-likeness (QED) is 0.0536. The number of phenols is 5. The van der Waals surface area contributed by atoms with E-state index in [2.05, 4.69) is 39.6 Å². The summed E-state index contributed by atoms with van der Waals surface area (Å²) in [6.07, 6.45) is 17.2. The number of H-pyrrole nitrogens is 1. The Morgan fingerprint density at radius 2 is 1.60 bits per heavy atom. The Kier molecular flexibility index (Phi) is 9.33. The van der Waals surface area contributed by atoms with Crippen molar-refractivity contribution in [3.05, 3.63) is 107 Å². The summed E-state index contributed by atoms with van der Waals surface area (Å²) in [5.74, 6) is -0.330. The number of nitrogens with one attached hydrogen (secondary N) is 2. The number of aryl methyl sites for hydroxylation is 1. The Labute approximate surface area is 309 Å². The molecule has 9 nitrogen and oxygen atoms in total. The van der Waals surface area contributed by atoms with Gasteiger partial charge in [-0.1, -0.05) is 67.5 Å². The number of hydrogen-bond acceptors (Lipinski definition) is 8. The number of aliphatic hydroxyl groups is 1.